The lowest BCUT2D eigenvalue weighted by Crippen LogP contribution is -2.42. The molecule has 1 saturated carbocycles. The summed E-state index contributed by atoms with van der Waals surface area (Å²) >= 11 is 0. The molecule has 1 aliphatic heterocycles. The standard InChI is InChI=1S/C17H23FN2O/c1-12-4-5-14(18)9-16(12)17(21)20(15-6-7-15)11-13-3-2-8-19-10-13/h4-5,9,13,15,19H,2-3,6-8,10-11H2,1H3. The van der Waals surface area contributed by atoms with E-state index in [4.69, 9.17) is 0 Å². The van der Waals surface area contributed by atoms with E-state index in [0.717, 1.165) is 38.0 Å². The first-order valence-corrected chi connectivity index (χ1v) is 7.93. The quantitative estimate of drug-likeness (QED) is 0.925. The van der Waals surface area contributed by atoms with Crippen LogP contribution in [0, 0.1) is 18.7 Å². The summed E-state index contributed by atoms with van der Waals surface area (Å²) in [4.78, 5) is 14.8. The van der Waals surface area contributed by atoms with E-state index in [1.54, 1.807) is 6.07 Å². The average Bonchev–Trinajstić information content (AvgIpc) is 3.32. The molecule has 0 aromatic heterocycles. The molecule has 2 aliphatic rings. The molecule has 0 spiro atoms. The Morgan fingerprint density at radius 2 is 2.19 bits per heavy atom. The van der Waals surface area contributed by atoms with Gasteiger partial charge in [-0.15, -0.1) is 0 Å². The lowest BCUT2D eigenvalue weighted by atomic mass is 9.98. The van der Waals surface area contributed by atoms with Crippen LogP contribution in [0.4, 0.5) is 4.39 Å². The fourth-order valence-electron chi connectivity index (χ4n) is 3.12. The Labute approximate surface area is 125 Å². The molecule has 1 heterocycles. The van der Waals surface area contributed by atoms with Gasteiger partial charge < -0.3 is 10.2 Å². The van der Waals surface area contributed by atoms with E-state index in [0.29, 0.717) is 17.5 Å². The Bertz CT molecular complexity index is 522. The third-order valence-corrected chi connectivity index (χ3v) is 4.53. The number of nitrogens with one attached hydrogen (secondary N) is 1. The van der Waals surface area contributed by atoms with Gasteiger partial charge in [0.15, 0.2) is 0 Å². The predicted molar refractivity (Wildman–Crippen MR) is 80.8 cm³/mol. The van der Waals surface area contributed by atoms with Crippen LogP contribution in [-0.4, -0.2) is 36.5 Å². The molecule has 1 atom stereocenters. The minimum atomic E-state index is -0.334. The molecule has 1 saturated heterocycles. The van der Waals surface area contributed by atoms with Gasteiger partial charge in [-0.2, -0.15) is 0 Å². The molecule has 2 fully saturated rings. The van der Waals surface area contributed by atoms with Crippen LogP contribution in [0.25, 0.3) is 0 Å². The summed E-state index contributed by atoms with van der Waals surface area (Å²) in [6, 6.07) is 4.85. The molecule has 1 unspecified atom stereocenters. The molecule has 114 valence electrons. The van der Waals surface area contributed by atoms with Gasteiger partial charge in [0, 0.05) is 18.2 Å². The Balaban J connectivity index is 1.76. The van der Waals surface area contributed by atoms with Gasteiger partial charge in [-0.05, 0) is 69.3 Å². The SMILES string of the molecule is Cc1ccc(F)cc1C(=O)N(CC1CCCNC1)C1CC1. The van der Waals surface area contributed by atoms with Crippen molar-refractivity contribution < 1.29 is 9.18 Å². The van der Waals surface area contributed by atoms with Crippen LogP contribution in [0.15, 0.2) is 18.2 Å². The van der Waals surface area contributed by atoms with Crippen LogP contribution >= 0.6 is 0 Å². The van der Waals surface area contributed by atoms with E-state index in [2.05, 4.69) is 5.32 Å². The first-order chi connectivity index (χ1) is 10.1. The highest BCUT2D eigenvalue weighted by Crippen LogP contribution is 2.30. The summed E-state index contributed by atoms with van der Waals surface area (Å²) < 4.78 is 13.5. The minimum absolute atomic E-state index is 0.0000680. The molecule has 1 amide bonds. The van der Waals surface area contributed by atoms with Crippen molar-refractivity contribution in [3.63, 3.8) is 0 Å². The average molecular weight is 290 g/mol. The number of rotatable bonds is 4. The molecule has 0 radical (unpaired) electrons. The summed E-state index contributed by atoms with van der Waals surface area (Å²) in [5.74, 6) is 0.191. The lowest BCUT2D eigenvalue weighted by Gasteiger charge is -2.30. The third kappa shape index (κ3) is 3.43. The number of piperidine rings is 1. The topological polar surface area (TPSA) is 32.3 Å². The van der Waals surface area contributed by atoms with E-state index in [1.165, 1.54) is 25.0 Å². The van der Waals surface area contributed by atoms with Crippen LogP contribution in [0.3, 0.4) is 0 Å². The minimum Gasteiger partial charge on any atom is -0.335 e. The van der Waals surface area contributed by atoms with Crippen LogP contribution in [-0.2, 0) is 0 Å². The Morgan fingerprint density at radius 1 is 1.38 bits per heavy atom. The highest BCUT2D eigenvalue weighted by molar-refractivity contribution is 5.96. The van der Waals surface area contributed by atoms with E-state index >= 15 is 0 Å². The number of amides is 1. The monoisotopic (exact) mass is 290 g/mol. The van der Waals surface area contributed by atoms with Gasteiger partial charge >= 0.3 is 0 Å². The number of carbonyl (C=O) groups is 1. The zero-order valence-electron chi connectivity index (χ0n) is 12.6. The molecule has 1 aromatic rings. The number of aryl methyl sites for hydroxylation is 1. The molecule has 1 aliphatic carbocycles. The third-order valence-electron chi connectivity index (χ3n) is 4.53. The highest BCUT2D eigenvalue weighted by atomic mass is 19.1. The summed E-state index contributed by atoms with van der Waals surface area (Å²) in [7, 11) is 0. The summed E-state index contributed by atoms with van der Waals surface area (Å²) in [6.45, 7) is 4.74. The second-order valence-corrected chi connectivity index (χ2v) is 6.36. The summed E-state index contributed by atoms with van der Waals surface area (Å²) in [5.41, 5.74) is 1.37. The number of halogens is 1. The molecule has 1 N–H and O–H groups in total. The van der Waals surface area contributed by atoms with Gasteiger partial charge in [-0.25, -0.2) is 4.39 Å². The molecule has 3 rings (SSSR count). The fourth-order valence-corrected chi connectivity index (χ4v) is 3.12. The van der Waals surface area contributed by atoms with E-state index in [1.807, 2.05) is 11.8 Å². The van der Waals surface area contributed by atoms with E-state index in [-0.39, 0.29) is 11.7 Å². The maximum absolute atomic E-state index is 13.5. The number of nitrogens with zero attached hydrogens (tertiary/aromatic N) is 1. The van der Waals surface area contributed by atoms with Crippen LogP contribution in [0.2, 0.25) is 0 Å². The first-order valence-electron chi connectivity index (χ1n) is 7.93. The van der Waals surface area contributed by atoms with Gasteiger partial charge in [-0.1, -0.05) is 6.07 Å². The van der Waals surface area contributed by atoms with Crippen LogP contribution in [0.1, 0.15) is 41.6 Å². The number of carbonyl (C=O) groups excluding carboxylic acids is 1. The molecule has 3 nitrogen and oxygen atoms in total. The number of hydrogen-bond acceptors (Lipinski definition) is 2. The predicted octanol–water partition coefficient (Wildman–Crippen LogP) is 2.74. The van der Waals surface area contributed by atoms with Gasteiger partial charge in [0.2, 0.25) is 0 Å². The Morgan fingerprint density at radius 3 is 2.86 bits per heavy atom. The van der Waals surface area contributed by atoms with Gasteiger partial charge in [0.05, 0.1) is 0 Å². The van der Waals surface area contributed by atoms with E-state index in [9.17, 15) is 9.18 Å². The fraction of sp³-hybridized carbons (Fsp3) is 0.588. The lowest BCUT2D eigenvalue weighted by molar-refractivity contribution is 0.0703. The van der Waals surface area contributed by atoms with E-state index < -0.39 is 0 Å². The van der Waals surface area contributed by atoms with Crippen LogP contribution < -0.4 is 5.32 Å². The van der Waals surface area contributed by atoms with Crippen molar-refractivity contribution in [3.05, 3.63) is 35.1 Å². The molecule has 0 bridgehead atoms. The summed E-state index contributed by atoms with van der Waals surface area (Å²) in [5, 5.41) is 3.40. The smallest absolute Gasteiger partial charge is 0.254 e. The van der Waals surface area contributed by atoms with Crippen molar-refractivity contribution in [3.8, 4) is 0 Å². The van der Waals surface area contributed by atoms with Crippen molar-refractivity contribution in [2.45, 2.75) is 38.6 Å². The molecule has 1 aromatic carbocycles. The zero-order valence-corrected chi connectivity index (χ0v) is 12.6. The second-order valence-electron chi connectivity index (χ2n) is 6.36. The van der Waals surface area contributed by atoms with Crippen molar-refractivity contribution in [1.29, 1.82) is 0 Å². The van der Waals surface area contributed by atoms with Crippen LogP contribution in [0.5, 0.6) is 0 Å². The van der Waals surface area contributed by atoms with Crippen molar-refractivity contribution in [1.82, 2.24) is 10.2 Å². The second kappa shape index (κ2) is 6.14. The van der Waals surface area contributed by atoms with Gasteiger partial charge in [-0.3, -0.25) is 4.79 Å². The molecule has 4 heteroatoms. The maximum Gasteiger partial charge on any atom is 0.254 e. The Kier molecular flexibility index (Phi) is 4.24. The highest BCUT2D eigenvalue weighted by Gasteiger charge is 2.35. The van der Waals surface area contributed by atoms with Gasteiger partial charge in [0.25, 0.3) is 5.91 Å². The number of hydrogen-bond donors (Lipinski definition) is 1. The largest absolute Gasteiger partial charge is 0.335 e. The van der Waals surface area contributed by atoms with Gasteiger partial charge in [0.1, 0.15) is 5.82 Å². The normalized spacial score (nSPS) is 22.1. The van der Waals surface area contributed by atoms with Crippen molar-refractivity contribution in [2.24, 2.45) is 5.92 Å². The molecular formula is C17H23FN2O. The zero-order chi connectivity index (χ0) is 14.8. The maximum atomic E-state index is 13.5. The summed E-state index contributed by atoms with van der Waals surface area (Å²) in [6.07, 6.45) is 4.52. The molecular weight excluding hydrogens is 267 g/mol. The first kappa shape index (κ1) is 14.5. The number of benzene rings is 1. The Hall–Kier alpha value is -1.42. The van der Waals surface area contributed by atoms with Crippen molar-refractivity contribution >= 4 is 5.91 Å². The molecule has 21 heavy (non-hydrogen) atoms. The van der Waals surface area contributed by atoms with Crippen molar-refractivity contribution in [2.75, 3.05) is 19.6 Å².